The maximum Gasteiger partial charge on any atom is 0.242 e. The number of likely N-dealkylation sites (N-methyl/N-ethyl adjacent to an activating group) is 1. The van der Waals surface area contributed by atoms with Crippen molar-refractivity contribution in [2.45, 2.75) is 52.5 Å². The van der Waals surface area contributed by atoms with Gasteiger partial charge in [0.05, 0.1) is 17.5 Å². The predicted molar refractivity (Wildman–Crippen MR) is 128 cm³/mol. The zero-order chi connectivity index (χ0) is 22.9. The van der Waals surface area contributed by atoms with E-state index in [-0.39, 0.29) is 18.4 Å². The van der Waals surface area contributed by atoms with Crippen LogP contribution in [0.15, 0.2) is 48.5 Å². The number of hydrogen-bond donors (Lipinski definition) is 1. The number of amides is 2. The highest BCUT2D eigenvalue weighted by molar-refractivity contribution is 5.81. The van der Waals surface area contributed by atoms with Crippen molar-refractivity contribution in [3.63, 3.8) is 0 Å². The van der Waals surface area contributed by atoms with Gasteiger partial charge in [-0.2, -0.15) is 0 Å². The molecule has 0 radical (unpaired) electrons. The zero-order valence-corrected chi connectivity index (χ0v) is 19.4. The van der Waals surface area contributed by atoms with E-state index >= 15 is 0 Å². The van der Waals surface area contributed by atoms with E-state index in [1.165, 1.54) is 0 Å². The van der Waals surface area contributed by atoms with Crippen molar-refractivity contribution < 1.29 is 9.59 Å². The van der Waals surface area contributed by atoms with Gasteiger partial charge in [-0.15, -0.1) is 0 Å². The van der Waals surface area contributed by atoms with Crippen LogP contribution in [0.2, 0.25) is 0 Å². The zero-order valence-electron chi connectivity index (χ0n) is 19.4. The first-order chi connectivity index (χ1) is 15.5. The molecule has 2 aromatic carbocycles. The molecular formula is C26H34N4O2. The lowest BCUT2D eigenvalue weighted by atomic mass is 10.1. The average Bonchev–Trinajstić information content (AvgIpc) is 3.13. The fourth-order valence-electron chi connectivity index (χ4n) is 3.79. The summed E-state index contributed by atoms with van der Waals surface area (Å²) < 4.78 is 2.02. The summed E-state index contributed by atoms with van der Waals surface area (Å²) >= 11 is 0. The van der Waals surface area contributed by atoms with E-state index in [2.05, 4.69) is 12.2 Å². The van der Waals surface area contributed by atoms with Crippen LogP contribution in [0.1, 0.15) is 43.1 Å². The van der Waals surface area contributed by atoms with Crippen LogP contribution in [0, 0.1) is 6.92 Å². The number of para-hydroxylation sites is 2. The maximum atomic E-state index is 12.8. The number of hydrogen-bond acceptors (Lipinski definition) is 3. The number of benzene rings is 2. The highest BCUT2D eigenvalue weighted by atomic mass is 16.2. The number of aryl methyl sites for hydroxylation is 2. The number of fused-ring (bicyclic) bond motifs is 1. The minimum Gasteiger partial charge on any atom is -0.356 e. The number of rotatable bonds is 11. The molecule has 0 bridgehead atoms. The van der Waals surface area contributed by atoms with Crippen LogP contribution >= 0.6 is 0 Å². The van der Waals surface area contributed by atoms with Crippen LogP contribution in [-0.4, -0.2) is 46.4 Å². The van der Waals surface area contributed by atoms with Gasteiger partial charge in [0.15, 0.2) is 0 Å². The van der Waals surface area contributed by atoms with Crippen molar-refractivity contribution in [3.05, 3.63) is 65.5 Å². The molecule has 3 aromatic rings. The monoisotopic (exact) mass is 434 g/mol. The lowest BCUT2D eigenvalue weighted by molar-refractivity contribution is -0.130. The molecule has 6 heteroatoms. The standard InChI is InChI=1S/C26H34N4O2/c1-4-5-17-29(3)26(32)19-30-23-14-9-8-13-22(23)28-24(30)15-10-16-27-25(31)18-21-12-7-6-11-20(21)2/h6-9,11-14H,4-5,10,15-19H2,1-3H3,(H,27,31). The van der Waals surface area contributed by atoms with Gasteiger partial charge < -0.3 is 14.8 Å². The second kappa shape index (κ2) is 11.5. The van der Waals surface area contributed by atoms with Gasteiger partial charge >= 0.3 is 0 Å². The van der Waals surface area contributed by atoms with Crippen molar-refractivity contribution in [3.8, 4) is 0 Å². The molecule has 0 aliphatic rings. The highest BCUT2D eigenvalue weighted by Gasteiger charge is 2.16. The number of nitrogens with one attached hydrogen (secondary N) is 1. The van der Waals surface area contributed by atoms with Gasteiger partial charge in [0.25, 0.3) is 0 Å². The molecule has 2 amide bonds. The van der Waals surface area contributed by atoms with Gasteiger partial charge in [-0.25, -0.2) is 4.98 Å². The third-order valence-electron chi connectivity index (χ3n) is 5.81. The Labute approximate surface area is 190 Å². The van der Waals surface area contributed by atoms with E-state index in [0.717, 1.165) is 53.8 Å². The smallest absolute Gasteiger partial charge is 0.242 e. The van der Waals surface area contributed by atoms with Gasteiger partial charge in [0, 0.05) is 26.6 Å². The van der Waals surface area contributed by atoms with E-state index in [9.17, 15) is 9.59 Å². The number of carbonyl (C=O) groups is 2. The van der Waals surface area contributed by atoms with Crippen LogP contribution in [0.4, 0.5) is 0 Å². The summed E-state index contributed by atoms with van der Waals surface area (Å²) in [4.78, 5) is 31.6. The van der Waals surface area contributed by atoms with Crippen LogP contribution in [0.3, 0.4) is 0 Å². The fraction of sp³-hybridized carbons (Fsp3) is 0.423. The Bertz CT molecular complexity index is 1060. The van der Waals surface area contributed by atoms with E-state index in [4.69, 9.17) is 4.98 Å². The second-order valence-corrected chi connectivity index (χ2v) is 8.33. The lowest BCUT2D eigenvalue weighted by Gasteiger charge is -2.18. The topological polar surface area (TPSA) is 67.2 Å². The van der Waals surface area contributed by atoms with Crippen molar-refractivity contribution in [1.29, 1.82) is 0 Å². The van der Waals surface area contributed by atoms with E-state index < -0.39 is 0 Å². The summed E-state index contributed by atoms with van der Waals surface area (Å²) in [5.74, 6) is 1.01. The number of aromatic nitrogens is 2. The van der Waals surface area contributed by atoms with Crippen molar-refractivity contribution >= 4 is 22.8 Å². The van der Waals surface area contributed by atoms with Crippen LogP contribution in [0.25, 0.3) is 11.0 Å². The molecule has 0 saturated carbocycles. The first kappa shape index (κ1) is 23.5. The van der Waals surface area contributed by atoms with E-state index in [1.807, 2.05) is 67.1 Å². The molecule has 1 N–H and O–H groups in total. The Morgan fingerprint density at radius 2 is 1.81 bits per heavy atom. The van der Waals surface area contributed by atoms with Crippen molar-refractivity contribution in [2.75, 3.05) is 20.1 Å². The molecule has 3 rings (SSSR count). The van der Waals surface area contributed by atoms with Gasteiger partial charge in [0.2, 0.25) is 11.8 Å². The Morgan fingerprint density at radius 1 is 1.06 bits per heavy atom. The largest absolute Gasteiger partial charge is 0.356 e. The number of unbranched alkanes of at least 4 members (excludes halogenated alkanes) is 1. The number of carbonyl (C=O) groups excluding carboxylic acids is 2. The summed E-state index contributed by atoms with van der Waals surface area (Å²) in [7, 11) is 1.86. The van der Waals surface area contributed by atoms with Gasteiger partial charge in [-0.1, -0.05) is 49.7 Å². The van der Waals surface area contributed by atoms with Gasteiger partial charge in [-0.05, 0) is 43.0 Å². The molecule has 0 fully saturated rings. The maximum absolute atomic E-state index is 12.8. The molecule has 0 saturated heterocycles. The quantitative estimate of drug-likeness (QED) is 0.466. The van der Waals surface area contributed by atoms with Crippen molar-refractivity contribution in [1.82, 2.24) is 19.8 Å². The average molecular weight is 435 g/mol. The van der Waals surface area contributed by atoms with Crippen LogP contribution < -0.4 is 5.32 Å². The number of nitrogens with zero attached hydrogens (tertiary/aromatic N) is 3. The fourth-order valence-corrected chi connectivity index (χ4v) is 3.79. The molecule has 6 nitrogen and oxygen atoms in total. The molecule has 0 atom stereocenters. The van der Waals surface area contributed by atoms with Gasteiger partial charge in [-0.3, -0.25) is 9.59 Å². The molecular weight excluding hydrogens is 400 g/mol. The van der Waals surface area contributed by atoms with Crippen LogP contribution in [0.5, 0.6) is 0 Å². The molecule has 1 aromatic heterocycles. The molecule has 0 spiro atoms. The van der Waals surface area contributed by atoms with Crippen molar-refractivity contribution in [2.24, 2.45) is 0 Å². The lowest BCUT2D eigenvalue weighted by Crippen LogP contribution is -2.31. The normalized spacial score (nSPS) is 11.0. The predicted octanol–water partition coefficient (Wildman–Crippen LogP) is 3.89. The second-order valence-electron chi connectivity index (χ2n) is 8.33. The molecule has 0 aliphatic heterocycles. The summed E-state index contributed by atoms with van der Waals surface area (Å²) in [6.07, 6.45) is 3.92. The SMILES string of the molecule is CCCCN(C)C(=O)Cn1c(CCCNC(=O)Cc2ccccc2C)nc2ccccc21. The molecule has 32 heavy (non-hydrogen) atoms. The summed E-state index contributed by atoms with van der Waals surface area (Å²) in [5, 5.41) is 3.01. The Kier molecular flexibility index (Phi) is 8.42. The van der Waals surface area contributed by atoms with E-state index in [0.29, 0.717) is 19.4 Å². The minimum atomic E-state index is 0.0283. The third-order valence-corrected chi connectivity index (χ3v) is 5.81. The molecule has 170 valence electrons. The summed E-state index contributed by atoms with van der Waals surface area (Å²) in [6, 6.07) is 15.9. The third kappa shape index (κ3) is 6.19. The summed E-state index contributed by atoms with van der Waals surface area (Å²) in [6.45, 7) is 5.78. The molecule has 1 heterocycles. The Morgan fingerprint density at radius 3 is 2.59 bits per heavy atom. The van der Waals surface area contributed by atoms with Crippen LogP contribution in [-0.2, 0) is 29.0 Å². The number of imidazole rings is 1. The molecule has 0 unspecified atom stereocenters. The van der Waals surface area contributed by atoms with E-state index in [1.54, 1.807) is 4.90 Å². The minimum absolute atomic E-state index is 0.0283. The first-order valence-corrected chi connectivity index (χ1v) is 11.5. The highest BCUT2D eigenvalue weighted by Crippen LogP contribution is 2.17. The first-order valence-electron chi connectivity index (χ1n) is 11.5. The Balaban J connectivity index is 1.59. The summed E-state index contributed by atoms with van der Waals surface area (Å²) in [5.41, 5.74) is 4.06. The molecule has 0 aliphatic carbocycles. The Hall–Kier alpha value is -3.15. The van der Waals surface area contributed by atoms with Gasteiger partial charge in [0.1, 0.15) is 12.4 Å².